The molecule has 0 saturated carbocycles. The Kier molecular flexibility index (Phi) is 5.73. The quantitative estimate of drug-likeness (QED) is 0.466. The van der Waals surface area contributed by atoms with Crippen LogP contribution in [0.15, 0.2) is 0 Å². The number of ether oxygens (including phenoxy) is 6. The van der Waals surface area contributed by atoms with Gasteiger partial charge in [-0.3, -0.25) is 14.4 Å². The van der Waals surface area contributed by atoms with Gasteiger partial charge in [0.15, 0.2) is 24.6 Å². The molecule has 2 fully saturated rings. The molecule has 0 radical (unpaired) electrons. The van der Waals surface area contributed by atoms with Gasteiger partial charge >= 0.3 is 23.9 Å². The first kappa shape index (κ1) is 18.1. The van der Waals surface area contributed by atoms with Gasteiger partial charge in [-0.05, 0) is 0 Å². The minimum absolute atomic E-state index is 0.258. The first-order valence-corrected chi connectivity index (χ1v) is 7.22. The SMILES string of the molecule is CC(=O)OCC1OC2OCC(=O)OC2C(OC(C)=O)C1OC(C)=O. The highest BCUT2D eigenvalue weighted by molar-refractivity contribution is 5.72. The van der Waals surface area contributed by atoms with E-state index in [-0.39, 0.29) is 13.2 Å². The molecule has 134 valence electrons. The van der Waals surface area contributed by atoms with Crippen molar-refractivity contribution in [3.8, 4) is 0 Å². The van der Waals surface area contributed by atoms with E-state index >= 15 is 0 Å². The molecule has 10 nitrogen and oxygen atoms in total. The van der Waals surface area contributed by atoms with Crippen molar-refractivity contribution in [3.05, 3.63) is 0 Å². The molecule has 2 rings (SSSR count). The molecule has 0 aromatic rings. The number of fused-ring (bicyclic) bond motifs is 1. The molecule has 0 aromatic carbocycles. The van der Waals surface area contributed by atoms with Crippen LogP contribution in [-0.4, -0.2) is 67.8 Å². The van der Waals surface area contributed by atoms with E-state index < -0.39 is 54.6 Å². The highest BCUT2D eigenvalue weighted by Crippen LogP contribution is 2.31. The second kappa shape index (κ2) is 7.58. The van der Waals surface area contributed by atoms with Gasteiger partial charge in [0, 0.05) is 20.8 Å². The van der Waals surface area contributed by atoms with Crippen LogP contribution in [0.1, 0.15) is 20.8 Å². The molecule has 5 unspecified atom stereocenters. The maximum atomic E-state index is 11.5. The molecule has 2 saturated heterocycles. The first-order valence-electron chi connectivity index (χ1n) is 7.22. The van der Waals surface area contributed by atoms with Crippen molar-refractivity contribution in [2.75, 3.05) is 13.2 Å². The van der Waals surface area contributed by atoms with E-state index in [0.717, 1.165) is 13.8 Å². The molecular weight excluding hydrogens is 328 g/mol. The van der Waals surface area contributed by atoms with Gasteiger partial charge < -0.3 is 28.4 Å². The van der Waals surface area contributed by atoms with E-state index in [4.69, 9.17) is 28.4 Å². The molecule has 0 aromatic heterocycles. The average molecular weight is 346 g/mol. The Hall–Kier alpha value is -2.20. The minimum Gasteiger partial charge on any atom is -0.463 e. The van der Waals surface area contributed by atoms with Crippen LogP contribution in [0.2, 0.25) is 0 Å². The summed E-state index contributed by atoms with van der Waals surface area (Å²) in [6.07, 6.45) is -5.40. The van der Waals surface area contributed by atoms with Crippen molar-refractivity contribution in [1.29, 1.82) is 0 Å². The maximum absolute atomic E-state index is 11.5. The van der Waals surface area contributed by atoms with Crippen molar-refractivity contribution >= 4 is 23.9 Å². The van der Waals surface area contributed by atoms with Gasteiger partial charge in [0.05, 0.1) is 0 Å². The van der Waals surface area contributed by atoms with Gasteiger partial charge in [-0.1, -0.05) is 0 Å². The molecule has 24 heavy (non-hydrogen) atoms. The van der Waals surface area contributed by atoms with E-state index in [1.54, 1.807) is 0 Å². The van der Waals surface area contributed by atoms with Gasteiger partial charge in [-0.2, -0.15) is 0 Å². The van der Waals surface area contributed by atoms with Crippen LogP contribution in [0.25, 0.3) is 0 Å². The summed E-state index contributed by atoms with van der Waals surface area (Å²) in [5.74, 6) is -2.58. The van der Waals surface area contributed by atoms with Crippen molar-refractivity contribution in [1.82, 2.24) is 0 Å². The molecule has 0 N–H and O–H groups in total. The van der Waals surface area contributed by atoms with Crippen LogP contribution in [0.5, 0.6) is 0 Å². The molecule has 2 heterocycles. The second-order valence-corrected chi connectivity index (χ2v) is 5.26. The van der Waals surface area contributed by atoms with E-state index in [9.17, 15) is 19.2 Å². The van der Waals surface area contributed by atoms with Crippen molar-refractivity contribution in [2.24, 2.45) is 0 Å². The normalized spacial score (nSPS) is 32.1. The summed E-state index contributed by atoms with van der Waals surface area (Å²) in [4.78, 5) is 45.3. The summed E-state index contributed by atoms with van der Waals surface area (Å²) in [5.41, 5.74) is 0. The number of esters is 4. The fourth-order valence-electron chi connectivity index (χ4n) is 2.47. The number of hydrogen-bond acceptors (Lipinski definition) is 10. The van der Waals surface area contributed by atoms with E-state index in [0.29, 0.717) is 0 Å². The number of carbonyl (C=O) groups is 4. The van der Waals surface area contributed by atoms with Gasteiger partial charge in [0.25, 0.3) is 0 Å². The van der Waals surface area contributed by atoms with Crippen LogP contribution in [0, 0.1) is 0 Å². The Balaban J connectivity index is 2.27. The molecular formula is C14H18O10. The molecule has 2 aliphatic rings. The standard InChI is InChI=1S/C14H18O10/c1-6(15)19-4-9-11(21-7(2)16)12(22-8(3)17)13-14(23-9)20-5-10(18)24-13/h9,11-14H,4-5H2,1-3H3. The molecule has 0 bridgehead atoms. The van der Waals surface area contributed by atoms with Crippen molar-refractivity contribution in [2.45, 2.75) is 51.5 Å². The van der Waals surface area contributed by atoms with Gasteiger partial charge in [-0.15, -0.1) is 0 Å². The predicted octanol–water partition coefficient (Wildman–Crippen LogP) is -0.920. The Labute approximate surface area is 137 Å². The Bertz CT molecular complexity index is 530. The van der Waals surface area contributed by atoms with Gasteiger partial charge in [0.1, 0.15) is 19.3 Å². The lowest BCUT2D eigenvalue weighted by atomic mass is 9.98. The zero-order valence-electron chi connectivity index (χ0n) is 13.4. The summed E-state index contributed by atoms with van der Waals surface area (Å²) in [7, 11) is 0. The lowest BCUT2D eigenvalue weighted by Gasteiger charge is -2.45. The third-order valence-electron chi connectivity index (χ3n) is 3.28. The summed E-state index contributed by atoms with van der Waals surface area (Å²) in [5, 5.41) is 0. The van der Waals surface area contributed by atoms with E-state index in [1.165, 1.54) is 6.92 Å². The van der Waals surface area contributed by atoms with Gasteiger partial charge in [-0.25, -0.2) is 4.79 Å². The summed E-state index contributed by atoms with van der Waals surface area (Å²) in [6, 6.07) is 0. The second-order valence-electron chi connectivity index (χ2n) is 5.26. The smallest absolute Gasteiger partial charge is 0.332 e. The first-order chi connectivity index (χ1) is 11.3. The minimum atomic E-state index is -1.16. The van der Waals surface area contributed by atoms with Crippen LogP contribution in [0.4, 0.5) is 0 Å². The third kappa shape index (κ3) is 4.42. The largest absolute Gasteiger partial charge is 0.463 e. The molecule has 10 heteroatoms. The van der Waals surface area contributed by atoms with Gasteiger partial charge in [0.2, 0.25) is 0 Å². The van der Waals surface area contributed by atoms with Crippen LogP contribution in [0.3, 0.4) is 0 Å². The summed E-state index contributed by atoms with van der Waals surface area (Å²) in [6.45, 7) is 2.91. The van der Waals surface area contributed by atoms with Crippen molar-refractivity contribution < 1.29 is 47.6 Å². The zero-order chi connectivity index (χ0) is 17.9. The number of hydrogen-bond donors (Lipinski definition) is 0. The summed E-state index contributed by atoms with van der Waals surface area (Å²) >= 11 is 0. The zero-order valence-corrected chi connectivity index (χ0v) is 13.4. The third-order valence-corrected chi connectivity index (χ3v) is 3.28. The lowest BCUT2D eigenvalue weighted by molar-refractivity contribution is -0.323. The van der Waals surface area contributed by atoms with E-state index in [1.807, 2.05) is 0 Å². The van der Waals surface area contributed by atoms with Crippen LogP contribution < -0.4 is 0 Å². The van der Waals surface area contributed by atoms with Crippen LogP contribution in [-0.2, 0) is 47.6 Å². The Morgan fingerprint density at radius 2 is 1.67 bits per heavy atom. The predicted molar refractivity (Wildman–Crippen MR) is 72.2 cm³/mol. The highest BCUT2D eigenvalue weighted by Gasteiger charge is 2.54. The molecule has 0 amide bonds. The number of rotatable bonds is 4. The topological polar surface area (TPSA) is 124 Å². The fourth-order valence-corrected chi connectivity index (χ4v) is 2.47. The molecule has 0 spiro atoms. The Morgan fingerprint density at radius 1 is 1.04 bits per heavy atom. The molecule has 5 atom stereocenters. The monoisotopic (exact) mass is 346 g/mol. The summed E-state index contributed by atoms with van der Waals surface area (Å²) < 4.78 is 31.1. The van der Waals surface area contributed by atoms with Crippen molar-refractivity contribution in [3.63, 3.8) is 0 Å². The number of carbonyl (C=O) groups excluding carboxylic acids is 4. The van der Waals surface area contributed by atoms with E-state index in [2.05, 4.69) is 0 Å². The molecule has 0 aliphatic carbocycles. The van der Waals surface area contributed by atoms with Crippen LogP contribution >= 0.6 is 0 Å². The lowest BCUT2D eigenvalue weighted by Crippen LogP contribution is -2.64. The highest BCUT2D eigenvalue weighted by atomic mass is 16.8. The Morgan fingerprint density at radius 3 is 2.25 bits per heavy atom. The molecule has 2 aliphatic heterocycles. The fraction of sp³-hybridized carbons (Fsp3) is 0.714. The maximum Gasteiger partial charge on any atom is 0.332 e. The average Bonchev–Trinajstić information content (AvgIpc) is 2.47.